The van der Waals surface area contributed by atoms with Crippen molar-refractivity contribution in [1.29, 1.82) is 0 Å². The van der Waals surface area contributed by atoms with Crippen molar-refractivity contribution < 1.29 is 9.53 Å². The molecule has 0 aliphatic heterocycles. The lowest BCUT2D eigenvalue weighted by atomic mass is 10.1. The Kier molecular flexibility index (Phi) is 5.50. The molecule has 0 aliphatic carbocycles. The highest BCUT2D eigenvalue weighted by Crippen LogP contribution is 2.36. The van der Waals surface area contributed by atoms with Gasteiger partial charge in [0, 0.05) is 22.2 Å². The molecule has 0 saturated heterocycles. The van der Waals surface area contributed by atoms with E-state index in [1.54, 1.807) is 11.3 Å². The first-order valence-corrected chi connectivity index (χ1v) is 9.64. The molecule has 25 heavy (non-hydrogen) atoms. The first kappa shape index (κ1) is 17.6. The minimum atomic E-state index is -0.263. The van der Waals surface area contributed by atoms with E-state index in [0.717, 1.165) is 38.1 Å². The van der Waals surface area contributed by atoms with Gasteiger partial charge in [-0.1, -0.05) is 42.1 Å². The minimum Gasteiger partial charge on any atom is -0.468 e. The summed E-state index contributed by atoms with van der Waals surface area (Å²) >= 11 is 2.98. The van der Waals surface area contributed by atoms with Crippen LogP contribution in [0.3, 0.4) is 0 Å². The summed E-state index contributed by atoms with van der Waals surface area (Å²) in [6.45, 7) is 4.01. The summed E-state index contributed by atoms with van der Waals surface area (Å²) in [7, 11) is 1.39. The molecule has 6 heteroatoms. The van der Waals surface area contributed by atoms with Crippen LogP contribution in [-0.2, 0) is 9.53 Å². The number of ether oxygens (including phenoxy) is 1. The Labute approximate surface area is 155 Å². The molecule has 0 N–H and O–H groups in total. The van der Waals surface area contributed by atoms with Crippen molar-refractivity contribution in [2.75, 3.05) is 12.9 Å². The lowest BCUT2D eigenvalue weighted by Crippen LogP contribution is -2.04. The number of hydrogen-bond acceptors (Lipinski definition) is 6. The maximum absolute atomic E-state index is 11.5. The van der Waals surface area contributed by atoms with E-state index in [1.807, 2.05) is 43.3 Å². The topological polar surface area (TPSA) is 52.1 Å². The molecular weight excluding hydrogens is 352 g/mol. The number of nitrogens with zero attached hydrogens (tertiary/aromatic N) is 2. The van der Waals surface area contributed by atoms with Gasteiger partial charge < -0.3 is 4.74 Å². The number of thiazole rings is 1. The number of methoxy groups -OCH3 is 1. The van der Waals surface area contributed by atoms with Gasteiger partial charge >= 0.3 is 5.97 Å². The van der Waals surface area contributed by atoms with Crippen LogP contribution in [0.5, 0.6) is 0 Å². The van der Waals surface area contributed by atoms with Crippen LogP contribution in [0.1, 0.15) is 11.3 Å². The summed E-state index contributed by atoms with van der Waals surface area (Å²) < 4.78 is 4.74. The summed E-state index contributed by atoms with van der Waals surface area (Å²) in [4.78, 5) is 20.9. The number of carbonyl (C=O) groups excluding carboxylic acids is 1. The Morgan fingerprint density at radius 1 is 1.20 bits per heavy atom. The highest BCUT2D eigenvalue weighted by molar-refractivity contribution is 8.00. The van der Waals surface area contributed by atoms with Gasteiger partial charge in [-0.25, -0.2) is 9.97 Å². The third-order valence-electron chi connectivity index (χ3n) is 3.65. The standard InChI is InChI=1S/C19H18N2O2S2/c1-12-9-13(2)20-18(25-11-16(22)23-3)17(12)19-21-15(10-24-19)14-7-5-4-6-8-14/h4-10H,11H2,1-3H3. The third-order valence-corrected chi connectivity index (χ3v) is 5.46. The normalized spacial score (nSPS) is 10.7. The minimum absolute atomic E-state index is 0.232. The summed E-state index contributed by atoms with van der Waals surface area (Å²) in [6, 6.07) is 12.1. The van der Waals surface area contributed by atoms with Gasteiger partial charge in [-0.3, -0.25) is 4.79 Å². The number of thioether (sulfide) groups is 1. The van der Waals surface area contributed by atoms with Crippen LogP contribution in [0.2, 0.25) is 0 Å². The van der Waals surface area contributed by atoms with Crippen molar-refractivity contribution in [3.8, 4) is 21.8 Å². The van der Waals surface area contributed by atoms with Gasteiger partial charge in [0.2, 0.25) is 0 Å². The molecule has 2 aromatic heterocycles. The maximum Gasteiger partial charge on any atom is 0.316 e. The molecule has 0 atom stereocenters. The monoisotopic (exact) mass is 370 g/mol. The van der Waals surface area contributed by atoms with Crippen molar-refractivity contribution in [1.82, 2.24) is 9.97 Å². The van der Waals surface area contributed by atoms with E-state index in [0.29, 0.717) is 0 Å². The molecule has 3 aromatic rings. The van der Waals surface area contributed by atoms with Crippen molar-refractivity contribution >= 4 is 29.1 Å². The molecule has 2 heterocycles. The Hall–Kier alpha value is -2.18. The van der Waals surface area contributed by atoms with E-state index in [-0.39, 0.29) is 11.7 Å². The van der Waals surface area contributed by atoms with Gasteiger partial charge in [-0.15, -0.1) is 11.3 Å². The number of pyridine rings is 1. The van der Waals surface area contributed by atoms with E-state index in [1.165, 1.54) is 18.9 Å². The van der Waals surface area contributed by atoms with Crippen LogP contribution in [-0.4, -0.2) is 28.8 Å². The van der Waals surface area contributed by atoms with Crippen molar-refractivity contribution in [2.45, 2.75) is 18.9 Å². The van der Waals surface area contributed by atoms with Gasteiger partial charge in [-0.05, 0) is 25.5 Å². The fourth-order valence-electron chi connectivity index (χ4n) is 2.48. The first-order valence-electron chi connectivity index (χ1n) is 7.77. The van der Waals surface area contributed by atoms with Crippen LogP contribution >= 0.6 is 23.1 Å². The Bertz CT molecular complexity index is 892. The maximum atomic E-state index is 11.5. The van der Waals surface area contributed by atoms with E-state index in [2.05, 4.69) is 17.3 Å². The molecule has 1 aromatic carbocycles. The van der Waals surface area contributed by atoms with Gasteiger partial charge in [-0.2, -0.15) is 0 Å². The fourth-order valence-corrected chi connectivity index (χ4v) is 4.47. The van der Waals surface area contributed by atoms with E-state index < -0.39 is 0 Å². The second kappa shape index (κ2) is 7.80. The molecule has 0 aliphatic rings. The number of aryl methyl sites for hydroxylation is 2. The molecule has 0 fully saturated rings. The summed E-state index contributed by atoms with van der Waals surface area (Å²) in [6.07, 6.45) is 0. The average Bonchev–Trinajstić information content (AvgIpc) is 3.09. The number of rotatable bonds is 5. The Morgan fingerprint density at radius 2 is 1.96 bits per heavy atom. The van der Waals surface area contributed by atoms with E-state index >= 15 is 0 Å². The molecule has 3 rings (SSSR count). The molecule has 0 bridgehead atoms. The predicted octanol–water partition coefficient (Wildman–Crippen LogP) is 4.75. The average molecular weight is 370 g/mol. The number of hydrogen-bond donors (Lipinski definition) is 0. The molecule has 0 saturated carbocycles. The second-order valence-corrected chi connectivity index (χ2v) is 7.35. The molecule has 0 radical (unpaired) electrons. The molecule has 4 nitrogen and oxygen atoms in total. The number of carbonyl (C=O) groups is 1. The van der Waals surface area contributed by atoms with Crippen LogP contribution in [0.4, 0.5) is 0 Å². The zero-order valence-corrected chi connectivity index (χ0v) is 15.9. The zero-order chi connectivity index (χ0) is 17.8. The Morgan fingerprint density at radius 3 is 2.68 bits per heavy atom. The van der Waals surface area contributed by atoms with E-state index in [9.17, 15) is 4.79 Å². The SMILES string of the molecule is COC(=O)CSc1nc(C)cc(C)c1-c1nc(-c2ccccc2)cs1. The lowest BCUT2D eigenvalue weighted by molar-refractivity contribution is -0.137. The lowest BCUT2D eigenvalue weighted by Gasteiger charge is -2.10. The molecular formula is C19H18N2O2S2. The highest BCUT2D eigenvalue weighted by atomic mass is 32.2. The van der Waals surface area contributed by atoms with Crippen LogP contribution in [0.25, 0.3) is 21.8 Å². The quantitative estimate of drug-likeness (QED) is 0.479. The third kappa shape index (κ3) is 4.08. The van der Waals surface area contributed by atoms with Crippen LogP contribution in [0, 0.1) is 13.8 Å². The summed E-state index contributed by atoms with van der Waals surface area (Å²) in [5.41, 5.74) is 5.06. The van der Waals surface area contributed by atoms with Crippen molar-refractivity contribution in [2.24, 2.45) is 0 Å². The zero-order valence-electron chi connectivity index (χ0n) is 14.3. The second-order valence-electron chi connectivity index (χ2n) is 5.53. The fraction of sp³-hybridized carbons (Fsp3) is 0.211. The molecule has 0 unspecified atom stereocenters. The van der Waals surface area contributed by atoms with Gasteiger partial charge in [0.15, 0.2) is 0 Å². The Balaban J connectivity index is 1.99. The van der Waals surface area contributed by atoms with Crippen LogP contribution < -0.4 is 0 Å². The van der Waals surface area contributed by atoms with Gasteiger partial charge in [0.1, 0.15) is 10.0 Å². The molecule has 128 valence electrons. The van der Waals surface area contributed by atoms with E-state index in [4.69, 9.17) is 9.72 Å². The summed E-state index contributed by atoms with van der Waals surface area (Å²) in [5.74, 6) is -0.0305. The number of esters is 1. The highest BCUT2D eigenvalue weighted by Gasteiger charge is 2.17. The number of aromatic nitrogens is 2. The number of benzene rings is 1. The summed E-state index contributed by atoms with van der Waals surface area (Å²) in [5, 5.41) is 3.78. The largest absolute Gasteiger partial charge is 0.468 e. The molecule has 0 amide bonds. The van der Waals surface area contributed by atoms with Crippen molar-refractivity contribution in [3.63, 3.8) is 0 Å². The van der Waals surface area contributed by atoms with Crippen molar-refractivity contribution in [3.05, 3.63) is 53.0 Å². The van der Waals surface area contributed by atoms with Gasteiger partial charge in [0.05, 0.1) is 18.6 Å². The molecule has 0 spiro atoms. The van der Waals surface area contributed by atoms with Gasteiger partial charge in [0.25, 0.3) is 0 Å². The van der Waals surface area contributed by atoms with Crippen LogP contribution in [0.15, 0.2) is 46.8 Å². The smallest absolute Gasteiger partial charge is 0.316 e. The first-order chi connectivity index (χ1) is 12.1. The predicted molar refractivity (Wildman–Crippen MR) is 103 cm³/mol.